The number of rotatable bonds is 6. The summed E-state index contributed by atoms with van der Waals surface area (Å²) in [5.41, 5.74) is 0. The molecule has 0 radical (unpaired) electrons. The fourth-order valence-electron chi connectivity index (χ4n) is 2.72. The third kappa shape index (κ3) is 3.76. The van der Waals surface area contributed by atoms with Crippen LogP contribution in [0.1, 0.15) is 52.9 Å². The molecule has 1 rings (SSSR count). The van der Waals surface area contributed by atoms with Crippen molar-refractivity contribution in [2.45, 2.75) is 65.1 Å². The molecule has 1 heterocycles. The third-order valence-electron chi connectivity index (χ3n) is 3.58. The normalized spacial score (nSPS) is 30.4. The van der Waals surface area contributed by atoms with Gasteiger partial charge in [-0.05, 0) is 25.2 Å². The van der Waals surface area contributed by atoms with Crippen LogP contribution in [0.2, 0.25) is 0 Å². The zero-order valence-electron chi connectivity index (χ0n) is 10.4. The molecule has 2 heteroatoms. The lowest BCUT2D eigenvalue weighted by atomic mass is 9.87. The van der Waals surface area contributed by atoms with Crippen LogP contribution in [0.3, 0.4) is 0 Å². The van der Waals surface area contributed by atoms with Gasteiger partial charge in [-0.15, -0.1) is 0 Å². The quantitative estimate of drug-likeness (QED) is 0.736. The predicted molar refractivity (Wildman–Crippen MR) is 62.8 cm³/mol. The summed E-state index contributed by atoms with van der Waals surface area (Å²) in [6.07, 6.45) is 5.60. The van der Waals surface area contributed by atoms with Crippen LogP contribution in [0.25, 0.3) is 0 Å². The van der Waals surface area contributed by atoms with Crippen molar-refractivity contribution in [3.05, 3.63) is 0 Å². The lowest BCUT2D eigenvalue weighted by Crippen LogP contribution is -2.29. The molecular formula is C13H26O2. The van der Waals surface area contributed by atoms with Gasteiger partial charge in [0, 0.05) is 12.5 Å². The van der Waals surface area contributed by atoms with Crippen molar-refractivity contribution < 1.29 is 9.84 Å². The van der Waals surface area contributed by atoms with Crippen LogP contribution in [0, 0.1) is 11.8 Å². The van der Waals surface area contributed by atoms with E-state index >= 15 is 0 Å². The Balaban J connectivity index is 2.35. The first-order valence-corrected chi connectivity index (χ1v) is 6.48. The van der Waals surface area contributed by atoms with Crippen molar-refractivity contribution in [1.29, 1.82) is 0 Å². The number of hydrogen-bond donors (Lipinski definition) is 1. The molecule has 90 valence electrons. The molecule has 15 heavy (non-hydrogen) atoms. The highest BCUT2D eigenvalue weighted by Gasteiger charge is 2.32. The molecule has 1 saturated heterocycles. The van der Waals surface area contributed by atoms with Crippen molar-refractivity contribution in [2.24, 2.45) is 11.8 Å². The van der Waals surface area contributed by atoms with E-state index in [1.165, 1.54) is 12.8 Å². The molecule has 0 aromatic rings. The van der Waals surface area contributed by atoms with Gasteiger partial charge in [-0.2, -0.15) is 0 Å². The summed E-state index contributed by atoms with van der Waals surface area (Å²) in [4.78, 5) is 0. The van der Waals surface area contributed by atoms with Crippen LogP contribution in [-0.2, 0) is 4.74 Å². The zero-order chi connectivity index (χ0) is 11.3. The number of aliphatic hydroxyl groups is 1. The van der Waals surface area contributed by atoms with Gasteiger partial charge in [0.05, 0.1) is 12.2 Å². The second kappa shape index (κ2) is 6.49. The highest BCUT2D eigenvalue weighted by atomic mass is 16.5. The summed E-state index contributed by atoms with van der Waals surface area (Å²) in [5, 5.41) is 10.2. The van der Waals surface area contributed by atoms with Crippen molar-refractivity contribution in [2.75, 3.05) is 6.61 Å². The van der Waals surface area contributed by atoms with Gasteiger partial charge in [-0.3, -0.25) is 0 Å². The molecule has 4 atom stereocenters. The minimum absolute atomic E-state index is 0.154. The molecule has 0 aromatic heterocycles. The second-order valence-corrected chi connectivity index (χ2v) is 4.97. The largest absolute Gasteiger partial charge is 0.393 e. The zero-order valence-corrected chi connectivity index (χ0v) is 10.4. The molecule has 1 fully saturated rings. The Morgan fingerprint density at radius 1 is 1.40 bits per heavy atom. The summed E-state index contributed by atoms with van der Waals surface area (Å²) >= 11 is 0. The predicted octanol–water partition coefficient (Wildman–Crippen LogP) is 2.99. The van der Waals surface area contributed by atoms with Gasteiger partial charge >= 0.3 is 0 Å². The summed E-state index contributed by atoms with van der Waals surface area (Å²) in [7, 11) is 0. The van der Waals surface area contributed by atoms with E-state index in [4.69, 9.17) is 4.74 Å². The maximum Gasteiger partial charge on any atom is 0.0626 e. The van der Waals surface area contributed by atoms with Crippen molar-refractivity contribution >= 4 is 0 Å². The molecule has 0 amide bonds. The summed E-state index contributed by atoms with van der Waals surface area (Å²) in [6.45, 7) is 7.42. The van der Waals surface area contributed by atoms with E-state index < -0.39 is 0 Å². The Morgan fingerprint density at radius 3 is 2.73 bits per heavy atom. The van der Waals surface area contributed by atoms with Gasteiger partial charge in [0.15, 0.2) is 0 Å². The summed E-state index contributed by atoms with van der Waals surface area (Å²) in [6, 6.07) is 0. The standard InChI is InChI=1S/C13H26O2/c1-4-6-10(3)9-12(14)11-7-8-15-13(11)5-2/h10-14H,4-9H2,1-3H3. The van der Waals surface area contributed by atoms with E-state index in [0.29, 0.717) is 17.9 Å². The van der Waals surface area contributed by atoms with Gasteiger partial charge in [-0.1, -0.05) is 33.6 Å². The minimum atomic E-state index is -0.154. The molecule has 2 nitrogen and oxygen atoms in total. The van der Waals surface area contributed by atoms with Crippen LogP contribution < -0.4 is 0 Å². The Bertz CT molecular complexity index is 170. The van der Waals surface area contributed by atoms with Crippen molar-refractivity contribution in [1.82, 2.24) is 0 Å². The van der Waals surface area contributed by atoms with E-state index in [9.17, 15) is 5.11 Å². The highest BCUT2D eigenvalue weighted by Crippen LogP contribution is 2.30. The van der Waals surface area contributed by atoms with Gasteiger partial charge in [0.1, 0.15) is 0 Å². The van der Waals surface area contributed by atoms with E-state index in [-0.39, 0.29) is 6.10 Å². The van der Waals surface area contributed by atoms with Gasteiger partial charge in [-0.25, -0.2) is 0 Å². The molecule has 1 aliphatic heterocycles. The fraction of sp³-hybridized carbons (Fsp3) is 1.00. The van der Waals surface area contributed by atoms with Crippen LogP contribution in [0.5, 0.6) is 0 Å². The van der Waals surface area contributed by atoms with Crippen molar-refractivity contribution in [3.8, 4) is 0 Å². The van der Waals surface area contributed by atoms with E-state index in [0.717, 1.165) is 25.9 Å². The monoisotopic (exact) mass is 214 g/mol. The molecule has 4 unspecified atom stereocenters. The Morgan fingerprint density at radius 2 is 2.13 bits per heavy atom. The lowest BCUT2D eigenvalue weighted by molar-refractivity contribution is 0.0209. The first-order valence-electron chi connectivity index (χ1n) is 6.48. The molecule has 0 aliphatic carbocycles. The SMILES string of the molecule is CCCC(C)CC(O)C1CCOC1CC. The van der Waals surface area contributed by atoms with Gasteiger partial charge in [0.25, 0.3) is 0 Å². The van der Waals surface area contributed by atoms with Crippen LogP contribution in [-0.4, -0.2) is 23.9 Å². The third-order valence-corrected chi connectivity index (χ3v) is 3.58. The first-order chi connectivity index (χ1) is 7.19. The second-order valence-electron chi connectivity index (χ2n) is 4.97. The Kier molecular flexibility index (Phi) is 5.62. The first kappa shape index (κ1) is 13.0. The summed E-state index contributed by atoms with van der Waals surface area (Å²) in [5.74, 6) is 1.03. The number of hydrogen-bond acceptors (Lipinski definition) is 2. The molecular weight excluding hydrogens is 188 g/mol. The Labute approximate surface area is 94.0 Å². The lowest BCUT2D eigenvalue weighted by Gasteiger charge is -2.25. The van der Waals surface area contributed by atoms with Crippen molar-refractivity contribution in [3.63, 3.8) is 0 Å². The topological polar surface area (TPSA) is 29.5 Å². The summed E-state index contributed by atoms with van der Waals surface area (Å²) < 4.78 is 5.62. The fourth-order valence-corrected chi connectivity index (χ4v) is 2.72. The molecule has 0 aromatic carbocycles. The maximum atomic E-state index is 10.2. The van der Waals surface area contributed by atoms with Crippen LogP contribution in [0.4, 0.5) is 0 Å². The number of aliphatic hydroxyl groups excluding tert-OH is 1. The Hall–Kier alpha value is -0.0800. The molecule has 0 saturated carbocycles. The van der Waals surface area contributed by atoms with E-state index in [1.807, 2.05) is 0 Å². The molecule has 1 N–H and O–H groups in total. The number of ether oxygens (including phenoxy) is 1. The van der Waals surface area contributed by atoms with Crippen LogP contribution >= 0.6 is 0 Å². The average Bonchev–Trinajstić information content (AvgIpc) is 2.65. The smallest absolute Gasteiger partial charge is 0.0626 e. The van der Waals surface area contributed by atoms with Gasteiger partial charge < -0.3 is 9.84 Å². The minimum Gasteiger partial charge on any atom is -0.393 e. The molecule has 0 bridgehead atoms. The highest BCUT2D eigenvalue weighted by molar-refractivity contribution is 4.82. The van der Waals surface area contributed by atoms with Gasteiger partial charge in [0.2, 0.25) is 0 Å². The maximum absolute atomic E-state index is 10.2. The van der Waals surface area contributed by atoms with E-state index in [2.05, 4.69) is 20.8 Å². The molecule has 1 aliphatic rings. The van der Waals surface area contributed by atoms with Crippen LogP contribution in [0.15, 0.2) is 0 Å². The average molecular weight is 214 g/mol. The molecule has 0 spiro atoms. The van der Waals surface area contributed by atoms with E-state index in [1.54, 1.807) is 0 Å².